The predicted octanol–water partition coefficient (Wildman–Crippen LogP) is 4.88. The van der Waals surface area contributed by atoms with Crippen LogP contribution >= 0.6 is 11.6 Å². The Hall–Kier alpha value is -3.99. The molecular formula is C23H18ClF3N6O2. The van der Waals surface area contributed by atoms with E-state index in [0.29, 0.717) is 29.9 Å². The van der Waals surface area contributed by atoms with Crippen molar-refractivity contribution in [2.75, 3.05) is 11.9 Å². The van der Waals surface area contributed by atoms with Crippen molar-refractivity contribution in [3.63, 3.8) is 0 Å². The van der Waals surface area contributed by atoms with E-state index in [9.17, 15) is 22.8 Å². The lowest BCUT2D eigenvalue weighted by atomic mass is 10.0. The van der Waals surface area contributed by atoms with E-state index in [4.69, 9.17) is 11.6 Å². The Labute approximate surface area is 202 Å². The number of hydrogen-bond acceptors (Lipinski definition) is 5. The molecule has 0 fully saturated rings. The van der Waals surface area contributed by atoms with Gasteiger partial charge in [-0.25, -0.2) is 9.67 Å². The minimum atomic E-state index is -4.82. The van der Waals surface area contributed by atoms with Crippen LogP contribution in [0.2, 0.25) is 5.02 Å². The van der Waals surface area contributed by atoms with Crippen molar-refractivity contribution in [1.82, 2.24) is 25.1 Å². The second kappa shape index (κ2) is 9.71. The molecule has 3 aromatic heterocycles. The number of amides is 2. The van der Waals surface area contributed by atoms with Gasteiger partial charge in [0.1, 0.15) is 5.69 Å². The molecule has 4 aromatic rings. The fourth-order valence-corrected chi connectivity index (χ4v) is 3.59. The number of benzene rings is 1. The monoisotopic (exact) mass is 502 g/mol. The van der Waals surface area contributed by atoms with Crippen molar-refractivity contribution >= 4 is 40.0 Å². The van der Waals surface area contributed by atoms with E-state index in [1.165, 1.54) is 24.4 Å². The van der Waals surface area contributed by atoms with Gasteiger partial charge in [-0.15, -0.1) is 0 Å². The summed E-state index contributed by atoms with van der Waals surface area (Å²) in [6.45, 7) is 2.28. The molecular weight excluding hydrogens is 485 g/mol. The van der Waals surface area contributed by atoms with Crippen LogP contribution in [0.4, 0.5) is 18.9 Å². The molecule has 0 aliphatic carbocycles. The van der Waals surface area contributed by atoms with E-state index in [2.05, 4.69) is 25.7 Å². The molecule has 2 N–H and O–H groups in total. The summed E-state index contributed by atoms with van der Waals surface area (Å²) in [5.74, 6) is -1.56. The van der Waals surface area contributed by atoms with Crippen molar-refractivity contribution in [1.29, 1.82) is 0 Å². The zero-order valence-corrected chi connectivity index (χ0v) is 19.0. The third-order valence-corrected chi connectivity index (χ3v) is 5.26. The Kier molecular flexibility index (Phi) is 6.70. The third kappa shape index (κ3) is 4.94. The number of carbonyl (C=O) groups excluding carboxylic acids is 2. The summed E-state index contributed by atoms with van der Waals surface area (Å²) in [4.78, 5) is 34.4. The van der Waals surface area contributed by atoms with Gasteiger partial charge in [0.2, 0.25) is 0 Å². The second-order valence-electron chi connectivity index (χ2n) is 7.40. The normalized spacial score (nSPS) is 11.5. The molecule has 180 valence electrons. The minimum absolute atomic E-state index is 0.00483. The standard InChI is InChI=1S/C23H18ClF3N6O2/c1-2-9-30-22(35)19-13-5-3-10-28-15(13)7-8-16(19)31-21(34)17-12-18(23(25,26)27)32-33(17)20-14(24)6-4-11-29-20/h3-8,10-12H,2,9H2,1H3,(H,30,35)(H,31,34). The summed E-state index contributed by atoms with van der Waals surface area (Å²) >= 11 is 6.10. The maximum atomic E-state index is 13.4. The SMILES string of the molecule is CCCNC(=O)c1c(NC(=O)c2cc(C(F)(F)F)nn2-c2ncccc2Cl)ccc2ncccc12. The molecule has 0 atom stereocenters. The van der Waals surface area contributed by atoms with Crippen LogP contribution < -0.4 is 10.6 Å². The van der Waals surface area contributed by atoms with Crippen molar-refractivity contribution in [3.05, 3.63) is 76.8 Å². The van der Waals surface area contributed by atoms with Gasteiger partial charge in [-0.1, -0.05) is 24.6 Å². The summed E-state index contributed by atoms with van der Waals surface area (Å²) in [5, 5.41) is 9.28. The van der Waals surface area contributed by atoms with Crippen LogP contribution in [-0.2, 0) is 6.18 Å². The van der Waals surface area contributed by atoms with E-state index < -0.39 is 29.4 Å². The Morgan fingerprint density at radius 3 is 2.51 bits per heavy atom. The van der Waals surface area contributed by atoms with Gasteiger partial charge in [0.25, 0.3) is 11.8 Å². The number of nitrogens with zero attached hydrogens (tertiary/aromatic N) is 4. The van der Waals surface area contributed by atoms with Crippen LogP contribution in [0.25, 0.3) is 16.7 Å². The minimum Gasteiger partial charge on any atom is -0.352 e. The molecule has 12 heteroatoms. The number of fused-ring (bicyclic) bond motifs is 1. The molecule has 4 rings (SSSR count). The van der Waals surface area contributed by atoms with Crippen LogP contribution in [0.15, 0.2) is 54.9 Å². The molecule has 2 amide bonds. The van der Waals surface area contributed by atoms with Crippen LogP contribution in [0, 0.1) is 0 Å². The Balaban J connectivity index is 1.81. The van der Waals surface area contributed by atoms with E-state index >= 15 is 0 Å². The number of pyridine rings is 2. The van der Waals surface area contributed by atoms with Crippen molar-refractivity contribution in [2.24, 2.45) is 0 Å². The molecule has 0 spiro atoms. The lowest BCUT2D eigenvalue weighted by Crippen LogP contribution is -2.26. The molecule has 0 radical (unpaired) electrons. The number of anilines is 1. The van der Waals surface area contributed by atoms with Crippen LogP contribution in [0.3, 0.4) is 0 Å². The molecule has 1 aromatic carbocycles. The van der Waals surface area contributed by atoms with E-state index in [1.54, 1.807) is 24.4 Å². The number of rotatable bonds is 6. The number of nitrogens with one attached hydrogen (secondary N) is 2. The van der Waals surface area contributed by atoms with Gasteiger partial charge in [0.05, 0.1) is 21.8 Å². The zero-order valence-electron chi connectivity index (χ0n) is 18.2. The predicted molar refractivity (Wildman–Crippen MR) is 124 cm³/mol. The summed E-state index contributed by atoms with van der Waals surface area (Å²) in [6, 6.07) is 9.86. The lowest BCUT2D eigenvalue weighted by molar-refractivity contribution is -0.141. The molecule has 8 nitrogen and oxygen atoms in total. The number of halogens is 4. The molecule has 3 heterocycles. The fourth-order valence-electron chi connectivity index (χ4n) is 3.39. The Morgan fingerprint density at radius 1 is 1.06 bits per heavy atom. The van der Waals surface area contributed by atoms with Gasteiger partial charge in [-0.05, 0) is 36.8 Å². The molecule has 35 heavy (non-hydrogen) atoms. The van der Waals surface area contributed by atoms with Gasteiger partial charge in [0, 0.05) is 30.4 Å². The average molecular weight is 503 g/mol. The molecule has 0 saturated heterocycles. The number of alkyl halides is 3. The first-order valence-electron chi connectivity index (χ1n) is 10.5. The largest absolute Gasteiger partial charge is 0.435 e. The quantitative estimate of drug-likeness (QED) is 0.391. The van der Waals surface area contributed by atoms with E-state index in [1.807, 2.05) is 6.92 Å². The first kappa shape index (κ1) is 24.1. The van der Waals surface area contributed by atoms with Crippen molar-refractivity contribution in [2.45, 2.75) is 19.5 Å². The first-order valence-corrected chi connectivity index (χ1v) is 10.8. The molecule has 0 bridgehead atoms. The average Bonchev–Trinajstić information content (AvgIpc) is 3.29. The highest BCUT2D eigenvalue weighted by atomic mass is 35.5. The number of carbonyl (C=O) groups is 2. The zero-order chi connectivity index (χ0) is 25.2. The summed E-state index contributed by atoms with van der Waals surface area (Å²) in [5.41, 5.74) is -1.03. The molecule has 0 aliphatic heterocycles. The van der Waals surface area contributed by atoms with Crippen molar-refractivity contribution < 1.29 is 22.8 Å². The Morgan fingerprint density at radius 2 is 1.80 bits per heavy atom. The van der Waals surface area contributed by atoms with Gasteiger partial charge in [-0.3, -0.25) is 14.6 Å². The number of hydrogen-bond donors (Lipinski definition) is 2. The highest BCUT2D eigenvalue weighted by molar-refractivity contribution is 6.32. The summed E-state index contributed by atoms with van der Waals surface area (Å²) < 4.78 is 41.0. The summed E-state index contributed by atoms with van der Waals surface area (Å²) in [6.07, 6.45) is -1.27. The summed E-state index contributed by atoms with van der Waals surface area (Å²) in [7, 11) is 0. The maximum Gasteiger partial charge on any atom is 0.435 e. The highest BCUT2D eigenvalue weighted by Gasteiger charge is 2.36. The second-order valence-corrected chi connectivity index (χ2v) is 7.81. The van der Waals surface area contributed by atoms with Gasteiger partial charge < -0.3 is 10.6 Å². The van der Waals surface area contributed by atoms with Crippen LogP contribution in [0.1, 0.15) is 39.9 Å². The number of aromatic nitrogens is 4. The first-order chi connectivity index (χ1) is 16.7. The van der Waals surface area contributed by atoms with Crippen molar-refractivity contribution in [3.8, 4) is 5.82 Å². The van der Waals surface area contributed by atoms with Crippen LogP contribution in [0.5, 0.6) is 0 Å². The topological polar surface area (TPSA) is 102 Å². The lowest BCUT2D eigenvalue weighted by Gasteiger charge is -2.14. The van der Waals surface area contributed by atoms with Gasteiger partial charge >= 0.3 is 6.18 Å². The molecule has 0 aliphatic rings. The third-order valence-electron chi connectivity index (χ3n) is 4.97. The Bertz CT molecular complexity index is 1420. The maximum absolute atomic E-state index is 13.4. The van der Waals surface area contributed by atoms with E-state index in [0.717, 1.165) is 4.68 Å². The van der Waals surface area contributed by atoms with Crippen LogP contribution in [-0.4, -0.2) is 38.1 Å². The smallest absolute Gasteiger partial charge is 0.352 e. The van der Waals surface area contributed by atoms with E-state index in [-0.39, 0.29) is 22.1 Å². The molecule has 0 saturated carbocycles. The van der Waals surface area contributed by atoms with Gasteiger partial charge in [0.15, 0.2) is 11.5 Å². The molecule has 0 unspecified atom stereocenters. The highest BCUT2D eigenvalue weighted by Crippen LogP contribution is 2.31. The van der Waals surface area contributed by atoms with Gasteiger partial charge in [-0.2, -0.15) is 18.3 Å². The fraction of sp³-hybridized carbons (Fsp3) is 0.174.